The predicted molar refractivity (Wildman–Crippen MR) is 112 cm³/mol. The molecule has 0 aliphatic carbocycles. The first-order chi connectivity index (χ1) is 13.3. The second-order valence-corrected chi connectivity index (χ2v) is 8.74. The van der Waals surface area contributed by atoms with Crippen molar-refractivity contribution < 1.29 is 14.3 Å². The summed E-state index contributed by atoms with van der Waals surface area (Å²) >= 11 is 14.6. The lowest BCUT2D eigenvalue weighted by Crippen LogP contribution is -2.16. The van der Waals surface area contributed by atoms with Gasteiger partial charge in [-0.2, -0.15) is 0 Å². The topological polar surface area (TPSA) is 85.6 Å². The van der Waals surface area contributed by atoms with Gasteiger partial charge in [0.2, 0.25) is 5.91 Å². The van der Waals surface area contributed by atoms with E-state index in [9.17, 15) is 9.59 Å². The number of hydrogen-bond donors (Lipinski definition) is 1. The third-order valence-corrected chi connectivity index (χ3v) is 6.40. The van der Waals surface area contributed by atoms with Crippen molar-refractivity contribution in [2.24, 2.45) is 0 Å². The fourth-order valence-electron chi connectivity index (χ4n) is 2.46. The summed E-state index contributed by atoms with van der Waals surface area (Å²) in [5.74, 6) is -0.648. The van der Waals surface area contributed by atoms with Gasteiger partial charge in [-0.25, -0.2) is 4.79 Å². The highest BCUT2D eigenvalue weighted by Gasteiger charge is 2.22. The number of thioether (sulfide) groups is 1. The molecule has 0 aliphatic heterocycles. The molecule has 0 fully saturated rings. The van der Waals surface area contributed by atoms with Crippen LogP contribution in [0.2, 0.25) is 10.0 Å². The van der Waals surface area contributed by atoms with Crippen molar-refractivity contribution in [2.75, 3.05) is 17.7 Å². The Hall–Kier alpha value is -1.81. The lowest BCUT2D eigenvalue weighted by molar-refractivity contribution is -0.113. The standard InChI is InChI=1S/C17H16Cl2N4O3S2/c1-4-26-16(25)13-8(2)9(3)28-15(13)20-12(24)7-27-17-22-21-14-11(19)5-10(18)6-23(14)17/h5-6H,4,7H2,1-3H3,(H,20,24). The number of nitrogens with one attached hydrogen (secondary N) is 1. The van der Waals surface area contributed by atoms with Gasteiger partial charge in [0.05, 0.1) is 28.0 Å². The number of ether oxygens (including phenoxy) is 1. The normalized spacial score (nSPS) is 11.0. The predicted octanol–water partition coefficient (Wildman–Crippen LogP) is 4.62. The Morgan fingerprint density at radius 2 is 2.07 bits per heavy atom. The molecule has 1 N–H and O–H groups in total. The van der Waals surface area contributed by atoms with Crippen LogP contribution < -0.4 is 5.32 Å². The van der Waals surface area contributed by atoms with Gasteiger partial charge in [0, 0.05) is 11.1 Å². The fourth-order valence-corrected chi connectivity index (χ4v) is 4.74. The molecule has 0 spiro atoms. The molecule has 3 aromatic rings. The van der Waals surface area contributed by atoms with E-state index >= 15 is 0 Å². The SMILES string of the molecule is CCOC(=O)c1c(NC(=O)CSc2nnc3c(Cl)cc(Cl)cn23)sc(C)c1C. The van der Waals surface area contributed by atoms with E-state index in [2.05, 4.69) is 15.5 Å². The number of aryl methyl sites for hydroxylation is 1. The zero-order chi connectivity index (χ0) is 20.4. The van der Waals surface area contributed by atoms with Gasteiger partial charge in [-0.15, -0.1) is 21.5 Å². The molecule has 3 rings (SSSR count). The van der Waals surface area contributed by atoms with Crippen molar-refractivity contribution in [3.05, 3.63) is 38.3 Å². The number of hydrogen-bond acceptors (Lipinski definition) is 7. The number of anilines is 1. The van der Waals surface area contributed by atoms with Crippen LogP contribution in [-0.2, 0) is 9.53 Å². The van der Waals surface area contributed by atoms with Crippen LogP contribution in [0.5, 0.6) is 0 Å². The van der Waals surface area contributed by atoms with Crippen LogP contribution in [-0.4, -0.2) is 38.8 Å². The van der Waals surface area contributed by atoms with Crippen molar-refractivity contribution in [1.82, 2.24) is 14.6 Å². The molecule has 3 heterocycles. The van der Waals surface area contributed by atoms with Gasteiger partial charge in [-0.3, -0.25) is 9.20 Å². The Morgan fingerprint density at radius 1 is 1.32 bits per heavy atom. The van der Waals surface area contributed by atoms with Gasteiger partial charge in [-0.05, 0) is 32.4 Å². The number of pyridine rings is 1. The molecular weight excluding hydrogens is 443 g/mol. The number of carbonyl (C=O) groups is 2. The summed E-state index contributed by atoms with van der Waals surface area (Å²) in [6.07, 6.45) is 1.63. The smallest absolute Gasteiger partial charge is 0.341 e. The fraction of sp³-hybridized carbons (Fsp3) is 0.294. The van der Waals surface area contributed by atoms with Crippen molar-refractivity contribution in [2.45, 2.75) is 25.9 Å². The number of nitrogens with zero attached hydrogens (tertiary/aromatic N) is 3. The third-order valence-electron chi connectivity index (χ3n) is 3.85. The number of amides is 1. The molecule has 0 bridgehead atoms. The molecule has 3 aromatic heterocycles. The molecular formula is C17H16Cl2N4O3S2. The van der Waals surface area contributed by atoms with E-state index in [1.807, 2.05) is 13.8 Å². The highest BCUT2D eigenvalue weighted by atomic mass is 35.5. The van der Waals surface area contributed by atoms with E-state index in [4.69, 9.17) is 27.9 Å². The van der Waals surface area contributed by atoms with Crippen LogP contribution in [0.1, 0.15) is 27.7 Å². The van der Waals surface area contributed by atoms with Crippen molar-refractivity contribution in [1.29, 1.82) is 0 Å². The summed E-state index contributed by atoms with van der Waals surface area (Å²) < 4.78 is 6.73. The number of esters is 1. The maximum absolute atomic E-state index is 12.4. The first-order valence-corrected chi connectivity index (χ1v) is 10.8. The average molecular weight is 459 g/mol. The van der Waals surface area contributed by atoms with Crippen molar-refractivity contribution >= 4 is 68.8 Å². The third kappa shape index (κ3) is 4.27. The molecule has 148 valence electrons. The second-order valence-electron chi connectivity index (χ2n) is 5.73. The monoisotopic (exact) mass is 458 g/mol. The van der Waals surface area contributed by atoms with E-state index in [1.54, 1.807) is 23.6 Å². The highest BCUT2D eigenvalue weighted by molar-refractivity contribution is 7.99. The van der Waals surface area contributed by atoms with E-state index in [0.29, 0.717) is 31.4 Å². The van der Waals surface area contributed by atoms with Crippen LogP contribution in [0.3, 0.4) is 0 Å². The van der Waals surface area contributed by atoms with E-state index < -0.39 is 5.97 Å². The summed E-state index contributed by atoms with van der Waals surface area (Å²) in [6.45, 7) is 5.73. The van der Waals surface area contributed by atoms with Crippen molar-refractivity contribution in [3.63, 3.8) is 0 Å². The Bertz CT molecular complexity index is 1060. The molecule has 0 unspecified atom stereocenters. The van der Waals surface area contributed by atoms with E-state index in [-0.39, 0.29) is 18.3 Å². The molecule has 11 heteroatoms. The van der Waals surface area contributed by atoms with Crippen molar-refractivity contribution in [3.8, 4) is 0 Å². The minimum absolute atomic E-state index is 0.0726. The summed E-state index contributed by atoms with van der Waals surface area (Å²) in [5.41, 5.74) is 1.66. The van der Waals surface area contributed by atoms with Crippen LogP contribution in [0, 0.1) is 13.8 Å². The number of halogens is 2. The summed E-state index contributed by atoms with van der Waals surface area (Å²) in [7, 11) is 0. The largest absolute Gasteiger partial charge is 0.462 e. The number of rotatable bonds is 6. The minimum atomic E-state index is -0.444. The number of fused-ring (bicyclic) bond motifs is 1. The van der Waals surface area contributed by atoms with E-state index in [0.717, 1.165) is 10.4 Å². The van der Waals surface area contributed by atoms with Gasteiger partial charge in [-0.1, -0.05) is 35.0 Å². The van der Waals surface area contributed by atoms with Gasteiger partial charge in [0.15, 0.2) is 10.8 Å². The van der Waals surface area contributed by atoms with Crippen LogP contribution in [0.15, 0.2) is 17.4 Å². The molecule has 0 saturated heterocycles. The Morgan fingerprint density at radius 3 is 2.79 bits per heavy atom. The molecule has 0 atom stereocenters. The average Bonchev–Trinajstić information content (AvgIpc) is 3.14. The molecule has 28 heavy (non-hydrogen) atoms. The Labute approximate surface area is 179 Å². The molecule has 0 aliphatic rings. The number of thiophene rings is 1. The summed E-state index contributed by atoms with van der Waals surface area (Å²) in [5, 5.41) is 12.6. The molecule has 0 aromatic carbocycles. The zero-order valence-electron chi connectivity index (χ0n) is 15.2. The maximum Gasteiger partial charge on any atom is 0.341 e. The number of carbonyl (C=O) groups excluding carboxylic acids is 2. The first-order valence-electron chi connectivity index (χ1n) is 8.21. The second kappa shape index (κ2) is 8.69. The molecule has 1 amide bonds. The summed E-state index contributed by atoms with van der Waals surface area (Å²) in [6, 6.07) is 1.58. The van der Waals surface area contributed by atoms with E-state index in [1.165, 1.54) is 23.1 Å². The first kappa shape index (κ1) is 20.9. The number of aromatic nitrogens is 3. The zero-order valence-corrected chi connectivity index (χ0v) is 18.4. The Balaban J connectivity index is 1.74. The minimum Gasteiger partial charge on any atom is -0.462 e. The van der Waals surface area contributed by atoms with Crippen LogP contribution in [0.25, 0.3) is 5.65 Å². The lowest BCUT2D eigenvalue weighted by Gasteiger charge is -2.07. The summed E-state index contributed by atoms with van der Waals surface area (Å²) in [4.78, 5) is 25.6. The quantitative estimate of drug-likeness (QED) is 0.428. The maximum atomic E-state index is 12.4. The molecule has 7 nitrogen and oxygen atoms in total. The van der Waals surface area contributed by atoms with Gasteiger partial charge in [0.25, 0.3) is 0 Å². The molecule has 0 radical (unpaired) electrons. The highest BCUT2D eigenvalue weighted by Crippen LogP contribution is 2.33. The molecule has 0 saturated carbocycles. The van der Waals surface area contributed by atoms with Crippen LogP contribution >= 0.6 is 46.3 Å². The van der Waals surface area contributed by atoms with Crippen LogP contribution in [0.4, 0.5) is 5.00 Å². The van der Waals surface area contributed by atoms with Gasteiger partial charge < -0.3 is 10.1 Å². The lowest BCUT2D eigenvalue weighted by atomic mass is 10.1. The van der Waals surface area contributed by atoms with Gasteiger partial charge in [0.1, 0.15) is 5.00 Å². The Kier molecular flexibility index (Phi) is 6.49. The van der Waals surface area contributed by atoms with Gasteiger partial charge >= 0.3 is 5.97 Å².